The summed E-state index contributed by atoms with van der Waals surface area (Å²) in [4.78, 5) is 14.4. The molecule has 9 heteroatoms. The van der Waals surface area contributed by atoms with E-state index in [1.807, 2.05) is 24.3 Å². The van der Waals surface area contributed by atoms with Gasteiger partial charge in [-0.1, -0.05) is 29.8 Å². The van der Waals surface area contributed by atoms with Crippen molar-refractivity contribution in [3.05, 3.63) is 59.1 Å². The molecule has 0 saturated carbocycles. The van der Waals surface area contributed by atoms with E-state index >= 15 is 0 Å². The van der Waals surface area contributed by atoms with Gasteiger partial charge in [-0.25, -0.2) is 8.42 Å². The van der Waals surface area contributed by atoms with Crippen molar-refractivity contribution < 1.29 is 17.9 Å². The molecule has 1 aliphatic rings. The van der Waals surface area contributed by atoms with E-state index in [4.69, 9.17) is 16.3 Å². The number of hydrogen-bond donors (Lipinski definition) is 1. The van der Waals surface area contributed by atoms with Crippen LogP contribution in [0.15, 0.2) is 48.5 Å². The third kappa shape index (κ3) is 5.41. The van der Waals surface area contributed by atoms with Crippen molar-refractivity contribution in [3.8, 4) is 5.75 Å². The Kier molecular flexibility index (Phi) is 7.00. The second-order valence-electron chi connectivity index (χ2n) is 6.64. The van der Waals surface area contributed by atoms with Gasteiger partial charge in [0.25, 0.3) is 5.91 Å². The van der Waals surface area contributed by atoms with Gasteiger partial charge < -0.3 is 15.0 Å². The van der Waals surface area contributed by atoms with Crippen LogP contribution in [0.25, 0.3) is 0 Å². The molecule has 0 unspecified atom stereocenters. The number of carbonyl (C=O) groups is 1. The van der Waals surface area contributed by atoms with Gasteiger partial charge in [0.05, 0.1) is 18.4 Å². The number of nitrogens with zero attached hydrogens (tertiary/aromatic N) is 2. The summed E-state index contributed by atoms with van der Waals surface area (Å²) in [6.07, 6.45) is 0. The summed E-state index contributed by atoms with van der Waals surface area (Å²) < 4.78 is 31.9. The fourth-order valence-electron chi connectivity index (χ4n) is 3.25. The molecular weight excluding hydrogens is 414 g/mol. The third-order valence-electron chi connectivity index (χ3n) is 4.80. The van der Waals surface area contributed by atoms with Gasteiger partial charge in [-0.3, -0.25) is 4.79 Å². The second kappa shape index (κ2) is 9.47. The van der Waals surface area contributed by atoms with Crippen molar-refractivity contribution in [2.75, 3.05) is 50.5 Å². The molecule has 3 rings (SSSR count). The van der Waals surface area contributed by atoms with Crippen LogP contribution in [0.1, 0.15) is 10.4 Å². The van der Waals surface area contributed by atoms with E-state index in [-0.39, 0.29) is 18.2 Å². The number of hydrogen-bond acceptors (Lipinski definition) is 5. The molecule has 0 atom stereocenters. The molecule has 1 saturated heterocycles. The zero-order chi connectivity index (χ0) is 20.9. The maximum atomic E-state index is 12.6. The summed E-state index contributed by atoms with van der Waals surface area (Å²) in [7, 11) is -1.97. The number of piperazine rings is 1. The molecule has 1 fully saturated rings. The Morgan fingerprint density at radius 2 is 1.83 bits per heavy atom. The lowest BCUT2D eigenvalue weighted by Crippen LogP contribution is -2.50. The second-order valence-corrected chi connectivity index (χ2v) is 9.16. The quantitative estimate of drug-likeness (QED) is 0.718. The van der Waals surface area contributed by atoms with E-state index < -0.39 is 10.0 Å². The van der Waals surface area contributed by atoms with Crippen molar-refractivity contribution in [1.82, 2.24) is 9.62 Å². The number of para-hydroxylation sites is 1. The lowest BCUT2D eigenvalue weighted by atomic mass is 10.2. The van der Waals surface area contributed by atoms with Crippen LogP contribution in [0.2, 0.25) is 5.02 Å². The number of halogens is 1. The smallest absolute Gasteiger partial charge is 0.255 e. The normalized spacial score (nSPS) is 15.2. The SMILES string of the molecule is COc1ccccc1C(=O)NCCS(=O)(=O)N1CCN(c2cccc(Cl)c2)CC1. The van der Waals surface area contributed by atoms with Gasteiger partial charge in [-0.15, -0.1) is 0 Å². The van der Waals surface area contributed by atoms with Crippen LogP contribution in [0.4, 0.5) is 5.69 Å². The zero-order valence-electron chi connectivity index (χ0n) is 16.2. The lowest BCUT2D eigenvalue weighted by molar-refractivity contribution is 0.0953. The predicted molar refractivity (Wildman–Crippen MR) is 114 cm³/mol. The highest BCUT2D eigenvalue weighted by Crippen LogP contribution is 2.21. The molecule has 1 amide bonds. The molecule has 29 heavy (non-hydrogen) atoms. The van der Waals surface area contributed by atoms with Gasteiger partial charge in [0.2, 0.25) is 10.0 Å². The number of anilines is 1. The first-order valence-electron chi connectivity index (χ1n) is 9.30. The molecular formula is C20H24ClN3O4S. The van der Waals surface area contributed by atoms with Crippen LogP contribution in [0.3, 0.4) is 0 Å². The van der Waals surface area contributed by atoms with E-state index in [2.05, 4.69) is 10.2 Å². The largest absolute Gasteiger partial charge is 0.496 e. The molecule has 2 aromatic carbocycles. The van der Waals surface area contributed by atoms with Gasteiger partial charge >= 0.3 is 0 Å². The minimum atomic E-state index is -3.46. The topological polar surface area (TPSA) is 78.9 Å². The van der Waals surface area contributed by atoms with E-state index in [9.17, 15) is 13.2 Å². The standard InChI is InChI=1S/C20H24ClN3O4S/c1-28-19-8-3-2-7-18(19)20(25)22-9-14-29(26,27)24-12-10-23(11-13-24)17-6-4-5-16(21)15-17/h2-8,15H,9-14H2,1H3,(H,22,25). The number of benzene rings is 2. The first-order chi connectivity index (χ1) is 13.9. The molecule has 156 valence electrons. The first kappa shape index (κ1) is 21.4. The Morgan fingerprint density at radius 3 is 2.52 bits per heavy atom. The molecule has 1 aliphatic heterocycles. The number of methoxy groups -OCH3 is 1. The molecule has 0 aliphatic carbocycles. The summed E-state index contributed by atoms with van der Waals surface area (Å²) in [5.74, 6) is -0.0566. The highest BCUT2D eigenvalue weighted by molar-refractivity contribution is 7.89. The number of sulfonamides is 1. The highest BCUT2D eigenvalue weighted by atomic mass is 35.5. The van der Waals surface area contributed by atoms with Crippen LogP contribution in [0.5, 0.6) is 5.75 Å². The van der Waals surface area contributed by atoms with Gasteiger partial charge in [0.1, 0.15) is 5.75 Å². The molecule has 2 aromatic rings. The fraction of sp³-hybridized carbons (Fsp3) is 0.350. The average Bonchev–Trinajstić information content (AvgIpc) is 2.73. The Labute approximate surface area is 176 Å². The fourth-order valence-corrected chi connectivity index (χ4v) is 4.77. The minimum Gasteiger partial charge on any atom is -0.496 e. The molecule has 1 heterocycles. The third-order valence-corrected chi connectivity index (χ3v) is 6.91. The van der Waals surface area contributed by atoms with Gasteiger partial charge in [0, 0.05) is 43.4 Å². The summed E-state index contributed by atoms with van der Waals surface area (Å²) in [5, 5.41) is 3.32. The van der Waals surface area contributed by atoms with E-state index in [1.165, 1.54) is 11.4 Å². The molecule has 7 nitrogen and oxygen atoms in total. The molecule has 0 radical (unpaired) electrons. The first-order valence-corrected chi connectivity index (χ1v) is 11.3. The molecule has 1 N–H and O–H groups in total. The average molecular weight is 438 g/mol. The van der Waals surface area contributed by atoms with Crippen LogP contribution >= 0.6 is 11.6 Å². The van der Waals surface area contributed by atoms with Crippen molar-refractivity contribution in [2.45, 2.75) is 0 Å². The van der Waals surface area contributed by atoms with E-state index in [0.717, 1.165) is 5.69 Å². The van der Waals surface area contributed by atoms with Crippen molar-refractivity contribution >= 4 is 33.2 Å². The Bertz CT molecular complexity index is 960. The maximum Gasteiger partial charge on any atom is 0.255 e. The number of rotatable bonds is 7. The van der Waals surface area contributed by atoms with Gasteiger partial charge in [0.15, 0.2) is 0 Å². The summed E-state index contributed by atoms with van der Waals surface area (Å²) in [6, 6.07) is 14.3. The summed E-state index contributed by atoms with van der Waals surface area (Å²) in [6.45, 7) is 2.01. The summed E-state index contributed by atoms with van der Waals surface area (Å²) in [5.41, 5.74) is 1.36. The van der Waals surface area contributed by atoms with Crippen LogP contribution in [0, 0.1) is 0 Å². The maximum absolute atomic E-state index is 12.6. The van der Waals surface area contributed by atoms with E-state index in [0.29, 0.717) is 42.5 Å². The highest BCUT2D eigenvalue weighted by Gasteiger charge is 2.27. The Hall–Kier alpha value is -2.29. The predicted octanol–water partition coefficient (Wildman–Crippen LogP) is 2.23. The monoisotopic (exact) mass is 437 g/mol. The van der Waals surface area contributed by atoms with Crippen molar-refractivity contribution in [2.24, 2.45) is 0 Å². The van der Waals surface area contributed by atoms with Gasteiger partial charge in [-0.05, 0) is 30.3 Å². The minimum absolute atomic E-state index is 0.0354. The van der Waals surface area contributed by atoms with Crippen LogP contribution in [-0.2, 0) is 10.0 Å². The van der Waals surface area contributed by atoms with Gasteiger partial charge in [-0.2, -0.15) is 4.31 Å². The lowest BCUT2D eigenvalue weighted by Gasteiger charge is -2.35. The van der Waals surface area contributed by atoms with Crippen LogP contribution in [-0.4, -0.2) is 64.2 Å². The van der Waals surface area contributed by atoms with Crippen molar-refractivity contribution in [1.29, 1.82) is 0 Å². The Balaban J connectivity index is 1.51. The molecule has 0 spiro atoms. The Morgan fingerprint density at radius 1 is 1.10 bits per heavy atom. The zero-order valence-corrected chi connectivity index (χ0v) is 17.7. The molecule has 0 bridgehead atoms. The number of carbonyl (C=O) groups excluding carboxylic acids is 1. The molecule has 0 aromatic heterocycles. The summed E-state index contributed by atoms with van der Waals surface area (Å²) >= 11 is 6.04. The number of nitrogens with one attached hydrogen (secondary N) is 1. The van der Waals surface area contributed by atoms with Crippen molar-refractivity contribution in [3.63, 3.8) is 0 Å². The van der Waals surface area contributed by atoms with E-state index in [1.54, 1.807) is 24.3 Å². The van der Waals surface area contributed by atoms with Crippen LogP contribution < -0.4 is 15.0 Å². The number of ether oxygens (including phenoxy) is 1. The number of amides is 1.